The average molecular weight is 240 g/mol. The lowest BCUT2D eigenvalue weighted by molar-refractivity contribution is 0.626. The van der Waals surface area contributed by atoms with Gasteiger partial charge < -0.3 is 0 Å². The summed E-state index contributed by atoms with van der Waals surface area (Å²) in [6, 6.07) is 11.7. The molecule has 0 bridgehead atoms. The van der Waals surface area contributed by atoms with Gasteiger partial charge in [0.1, 0.15) is 16.0 Å². The third-order valence-corrected chi connectivity index (χ3v) is 2.88. The molecule has 1 nitrogen and oxygen atoms in total. The summed E-state index contributed by atoms with van der Waals surface area (Å²) in [6.45, 7) is 0. The number of benzene rings is 1. The van der Waals surface area contributed by atoms with Crippen LogP contribution in [0.4, 0.5) is 4.39 Å². The highest BCUT2D eigenvalue weighted by Crippen LogP contribution is 2.26. The zero-order chi connectivity index (χ0) is 10.7. The van der Waals surface area contributed by atoms with E-state index in [9.17, 15) is 4.39 Å². The number of hydrogen-bond donors (Lipinski definition) is 0. The Balaban J connectivity index is 2.18. The van der Waals surface area contributed by atoms with E-state index in [2.05, 4.69) is 4.98 Å². The van der Waals surface area contributed by atoms with Crippen LogP contribution < -0.4 is 0 Å². The Hall–Kier alpha value is -1.06. The molecule has 76 valence electrons. The van der Waals surface area contributed by atoms with Gasteiger partial charge in [0, 0.05) is 4.90 Å². The predicted octanol–water partition coefficient (Wildman–Crippen LogP) is 4.03. The molecule has 1 heterocycles. The summed E-state index contributed by atoms with van der Waals surface area (Å²) in [5.74, 6) is -0.238. The first kappa shape index (κ1) is 10.5. The zero-order valence-corrected chi connectivity index (χ0v) is 9.23. The third kappa shape index (κ3) is 2.94. The summed E-state index contributed by atoms with van der Waals surface area (Å²) in [5.41, 5.74) is 0. The minimum Gasteiger partial charge on any atom is -0.229 e. The van der Waals surface area contributed by atoms with Crippen molar-refractivity contribution in [1.82, 2.24) is 4.98 Å². The molecule has 0 aliphatic carbocycles. The van der Waals surface area contributed by atoms with Gasteiger partial charge in [-0.15, -0.1) is 0 Å². The van der Waals surface area contributed by atoms with Crippen molar-refractivity contribution in [2.75, 3.05) is 0 Å². The fourth-order valence-electron chi connectivity index (χ4n) is 1.07. The Morgan fingerprint density at radius 2 is 1.80 bits per heavy atom. The van der Waals surface area contributed by atoms with Gasteiger partial charge in [-0.25, -0.2) is 9.37 Å². The Labute approximate surface area is 96.3 Å². The molecule has 0 radical (unpaired) electrons. The van der Waals surface area contributed by atoms with Crippen LogP contribution in [-0.4, -0.2) is 4.98 Å². The highest BCUT2D eigenvalue weighted by Gasteiger charge is 1.99. The SMILES string of the molecule is Fc1ccc(Sc2cccc(Cl)n2)cc1. The van der Waals surface area contributed by atoms with Crippen LogP contribution >= 0.6 is 23.4 Å². The molecule has 0 fully saturated rings. The second-order valence-electron chi connectivity index (χ2n) is 2.85. The smallest absolute Gasteiger partial charge is 0.130 e. The minimum absolute atomic E-state index is 0.238. The normalized spacial score (nSPS) is 10.3. The highest BCUT2D eigenvalue weighted by atomic mass is 35.5. The number of aromatic nitrogens is 1. The van der Waals surface area contributed by atoms with E-state index in [-0.39, 0.29) is 5.82 Å². The van der Waals surface area contributed by atoms with E-state index >= 15 is 0 Å². The van der Waals surface area contributed by atoms with Crippen LogP contribution in [-0.2, 0) is 0 Å². The number of nitrogens with zero attached hydrogens (tertiary/aromatic N) is 1. The molecule has 0 spiro atoms. The Kier molecular flexibility index (Phi) is 3.23. The number of rotatable bonds is 2. The number of halogens is 2. The summed E-state index contributed by atoms with van der Waals surface area (Å²) in [6.07, 6.45) is 0. The first-order chi connectivity index (χ1) is 7.24. The fraction of sp³-hybridized carbons (Fsp3) is 0. The predicted molar refractivity (Wildman–Crippen MR) is 59.8 cm³/mol. The average Bonchev–Trinajstić information content (AvgIpc) is 2.22. The molecule has 0 atom stereocenters. The first-order valence-corrected chi connectivity index (χ1v) is 5.49. The molecule has 0 unspecified atom stereocenters. The maximum Gasteiger partial charge on any atom is 0.130 e. The van der Waals surface area contributed by atoms with E-state index in [1.54, 1.807) is 18.2 Å². The molecule has 0 aliphatic rings. The van der Waals surface area contributed by atoms with Gasteiger partial charge in [-0.3, -0.25) is 0 Å². The van der Waals surface area contributed by atoms with Crippen LogP contribution in [0, 0.1) is 5.82 Å². The lowest BCUT2D eigenvalue weighted by Crippen LogP contribution is -1.80. The van der Waals surface area contributed by atoms with E-state index in [1.165, 1.54) is 23.9 Å². The molecule has 1 aromatic heterocycles. The van der Waals surface area contributed by atoms with Crippen LogP contribution in [0.15, 0.2) is 52.4 Å². The van der Waals surface area contributed by atoms with Crippen molar-refractivity contribution < 1.29 is 4.39 Å². The molecule has 1 aromatic carbocycles. The van der Waals surface area contributed by atoms with Gasteiger partial charge in [-0.2, -0.15) is 0 Å². The van der Waals surface area contributed by atoms with Gasteiger partial charge in [-0.05, 0) is 36.4 Å². The maximum absolute atomic E-state index is 12.6. The summed E-state index contributed by atoms with van der Waals surface area (Å²) in [4.78, 5) is 5.06. The molecular weight excluding hydrogens is 233 g/mol. The van der Waals surface area contributed by atoms with Crippen molar-refractivity contribution in [2.45, 2.75) is 9.92 Å². The lowest BCUT2D eigenvalue weighted by atomic mass is 10.4. The maximum atomic E-state index is 12.6. The van der Waals surface area contributed by atoms with Gasteiger partial charge in [0.2, 0.25) is 0 Å². The van der Waals surface area contributed by atoms with E-state index in [0.717, 1.165) is 9.92 Å². The summed E-state index contributed by atoms with van der Waals surface area (Å²) < 4.78 is 12.6. The molecule has 0 N–H and O–H groups in total. The Morgan fingerprint density at radius 1 is 1.07 bits per heavy atom. The van der Waals surface area contributed by atoms with Crippen LogP contribution in [0.3, 0.4) is 0 Å². The Bertz CT molecular complexity index is 458. The molecule has 0 saturated carbocycles. The lowest BCUT2D eigenvalue weighted by Gasteiger charge is -2.00. The largest absolute Gasteiger partial charge is 0.229 e. The van der Waals surface area contributed by atoms with E-state index in [4.69, 9.17) is 11.6 Å². The number of pyridine rings is 1. The molecule has 15 heavy (non-hydrogen) atoms. The van der Waals surface area contributed by atoms with Gasteiger partial charge in [0.15, 0.2) is 0 Å². The molecular formula is C11H7ClFNS. The van der Waals surface area contributed by atoms with E-state index < -0.39 is 0 Å². The van der Waals surface area contributed by atoms with Crippen molar-refractivity contribution in [2.24, 2.45) is 0 Å². The fourth-order valence-corrected chi connectivity index (χ4v) is 2.09. The molecule has 0 amide bonds. The Morgan fingerprint density at radius 3 is 2.47 bits per heavy atom. The molecule has 0 saturated heterocycles. The van der Waals surface area contributed by atoms with Crippen molar-refractivity contribution in [3.05, 3.63) is 53.4 Å². The summed E-state index contributed by atoms with van der Waals surface area (Å²) >= 11 is 7.20. The van der Waals surface area contributed by atoms with Crippen LogP contribution in [0.1, 0.15) is 0 Å². The van der Waals surface area contributed by atoms with Crippen LogP contribution in [0.5, 0.6) is 0 Å². The van der Waals surface area contributed by atoms with Crippen LogP contribution in [0.25, 0.3) is 0 Å². The van der Waals surface area contributed by atoms with Gasteiger partial charge in [0.25, 0.3) is 0 Å². The van der Waals surface area contributed by atoms with E-state index in [1.807, 2.05) is 12.1 Å². The molecule has 4 heteroatoms. The standard InChI is InChI=1S/C11H7ClFNS/c12-10-2-1-3-11(14-10)15-9-6-4-8(13)5-7-9/h1-7H. The van der Waals surface area contributed by atoms with Crippen molar-refractivity contribution in [1.29, 1.82) is 0 Å². The van der Waals surface area contributed by atoms with E-state index in [0.29, 0.717) is 5.15 Å². The molecule has 0 aliphatic heterocycles. The monoisotopic (exact) mass is 239 g/mol. The van der Waals surface area contributed by atoms with Crippen molar-refractivity contribution >= 4 is 23.4 Å². The molecule has 2 aromatic rings. The van der Waals surface area contributed by atoms with Crippen LogP contribution in [0.2, 0.25) is 5.15 Å². The van der Waals surface area contributed by atoms with Crippen molar-refractivity contribution in [3.8, 4) is 0 Å². The second-order valence-corrected chi connectivity index (χ2v) is 4.34. The third-order valence-electron chi connectivity index (χ3n) is 1.73. The topological polar surface area (TPSA) is 12.9 Å². The zero-order valence-electron chi connectivity index (χ0n) is 7.65. The first-order valence-electron chi connectivity index (χ1n) is 4.30. The van der Waals surface area contributed by atoms with Gasteiger partial charge in [0.05, 0.1) is 0 Å². The molecule has 2 rings (SSSR count). The quantitative estimate of drug-likeness (QED) is 0.734. The second kappa shape index (κ2) is 4.64. The number of hydrogen-bond acceptors (Lipinski definition) is 2. The minimum atomic E-state index is -0.238. The summed E-state index contributed by atoms with van der Waals surface area (Å²) in [5, 5.41) is 1.26. The van der Waals surface area contributed by atoms with Gasteiger partial charge >= 0.3 is 0 Å². The summed E-state index contributed by atoms with van der Waals surface area (Å²) in [7, 11) is 0. The van der Waals surface area contributed by atoms with Crippen molar-refractivity contribution in [3.63, 3.8) is 0 Å². The van der Waals surface area contributed by atoms with Gasteiger partial charge in [-0.1, -0.05) is 29.4 Å². The highest BCUT2D eigenvalue weighted by molar-refractivity contribution is 7.99.